The second kappa shape index (κ2) is 8.94. The number of aryl methyl sites for hydroxylation is 1. The van der Waals surface area contributed by atoms with Crippen molar-refractivity contribution in [3.05, 3.63) is 52.7 Å². The molecule has 170 valence electrons. The standard InChI is InChI=1S/C25H31BrN4O2/c1-15-5-10-21-20(27-14-25(3,4)32)13-23(26)29-30(21)22(11-15)17-6-9-19(16(2)12-17)24(31)28-18-7-8-18/h6,9-12,15,18,32H,5,7-8,13-14H2,1-4H3,(H,28,31). The van der Waals surface area contributed by atoms with E-state index in [0.717, 1.165) is 57.7 Å². The van der Waals surface area contributed by atoms with E-state index in [0.29, 0.717) is 24.9 Å². The average molecular weight is 499 g/mol. The van der Waals surface area contributed by atoms with Gasteiger partial charge in [-0.2, -0.15) is 5.10 Å². The van der Waals surface area contributed by atoms with Crippen molar-refractivity contribution in [1.29, 1.82) is 0 Å². The SMILES string of the molecule is Cc1cc(C2=CC(C)CC=C3C(=NCC(C)(C)O)CC(Br)=NN32)ccc1C(=O)NC1CC1. The number of fused-ring (bicyclic) bond motifs is 1. The summed E-state index contributed by atoms with van der Waals surface area (Å²) < 4.78 is 0.793. The molecule has 0 spiro atoms. The Hall–Kier alpha value is -2.25. The Morgan fingerprint density at radius 3 is 2.75 bits per heavy atom. The van der Waals surface area contributed by atoms with Gasteiger partial charge in [-0.25, -0.2) is 5.01 Å². The van der Waals surface area contributed by atoms with E-state index >= 15 is 0 Å². The number of allylic oxidation sites excluding steroid dienone is 3. The Bertz CT molecular complexity index is 1040. The van der Waals surface area contributed by atoms with E-state index in [9.17, 15) is 9.90 Å². The first-order valence-electron chi connectivity index (χ1n) is 11.2. The zero-order valence-electron chi connectivity index (χ0n) is 19.2. The maximum atomic E-state index is 12.6. The predicted molar refractivity (Wildman–Crippen MR) is 133 cm³/mol. The van der Waals surface area contributed by atoms with Crippen LogP contribution in [0.5, 0.6) is 0 Å². The molecule has 1 fully saturated rings. The van der Waals surface area contributed by atoms with Gasteiger partial charge in [0.15, 0.2) is 0 Å². The van der Waals surface area contributed by atoms with Crippen molar-refractivity contribution in [2.75, 3.05) is 6.54 Å². The number of aliphatic imine (C=N–C) groups is 1. The van der Waals surface area contributed by atoms with E-state index in [2.05, 4.69) is 46.4 Å². The fraction of sp³-hybridized carbons (Fsp3) is 0.480. The first kappa shape index (κ1) is 22.9. The minimum absolute atomic E-state index is 0.000115. The number of nitrogens with zero attached hydrogens (tertiary/aromatic N) is 3. The summed E-state index contributed by atoms with van der Waals surface area (Å²) in [5.74, 6) is 0.325. The highest BCUT2D eigenvalue weighted by Crippen LogP contribution is 2.35. The number of hydrazone groups is 1. The summed E-state index contributed by atoms with van der Waals surface area (Å²) in [5.41, 5.74) is 4.65. The van der Waals surface area contributed by atoms with Gasteiger partial charge in [0.1, 0.15) is 4.62 Å². The predicted octanol–water partition coefficient (Wildman–Crippen LogP) is 4.78. The molecule has 1 unspecified atom stereocenters. The average Bonchev–Trinajstić information content (AvgIpc) is 3.53. The lowest BCUT2D eigenvalue weighted by atomic mass is 10.00. The van der Waals surface area contributed by atoms with Gasteiger partial charge in [-0.3, -0.25) is 9.79 Å². The molecule has 0 saturated heterocycles. The summed E-state index contributed by atoms with van der Waals surface area (Å²) >= 11 is 3.58. The highest BCUT2D eigenvalue weighted by Gasteiger charge is 2.29. The third-order valence-electron chi connectivity index (χ3n) is 5.74. The van der Waals surface area contributed by atoms with Crippen LogP contribution < -0.4 is 5.32 Å². The molecular formula is C25H31BrN4O2. The van der Waals surface area contributed by atoms with Crippen LogP contribution in [0, 0.1) is 12.8 Å². The molecular weight excluding hydrogens is 468 g/mol. The van der Waals surface area contributed by atoms with E-state index in [1.165, 1.54) is 0 Å². The summed E-state index contributed by atoms with van der Waals surface area (Å²) in [6.07, 6.45) is 8.03. The summed E-state index contributed by atoms with van der Waals surface area (Å²) in [5, 5.41) is 20.0. The Labute approximate surface area is 198 Å². The maximum absolute atomic E-state index is 12.6. The summed E-state index contributed by atoms with van der Waals surface area (Å²) in [4.78, 5) is 17.3. The van der Waals surface area contributed by atoms with E-state index < -0.39 is 5.60 Å². The van der Waals surface area contributed by atoms with Gasteiger partial charge in [-0.05, 0) is 79.6 Å². The highest BCUT2D eigenvalue weighted by atomic mass is 79.9. The molecule has 2 heterocycles. The first-order valence-corrected chi connectivity index (χ1v) is 12.0. The number of hydrogen-bond acceptors (Lipinski definition) is 5. The van der Waals surface area contributed by atoms with Gasteiger partial charge in [0.05, 0.1) is 29.3 Å². The van der Waals surface area contributed by atoms with Crippen molar-refractivity contribution in [1.82, 2.24) is 10.3 Å². The zero-order valence-corrected chi connectivity index (χ0v) is 20.7. The van der Waals surface area contributed by atoms with E-state index in [-0.39, 0.29) is 5.91 Å². The Balaban J connectivity index is 1.69. The van der Waals surface area contributed by atoms with E-state index in [4.69, 9.17) is 10.1 Å². The normalized spacial score (nSPS) is 22.6. The molecule has 1 atom stereocenters. The fourth-order valence-corrected chi connectivity index (χ4v) is 4.28. The summed E-state index contributed by atoms with van der Waals surface area (Å²) in [6.45, 7) is 8.02. The Morgan fingerprint density at radius 1 is 1.34 bits per heavy atom. The number of halogens is 1. The van der Waals surface area contributed by atoms with Gasteiger partial charge in [0, 0.05) is 23.6 Å². The van der Waals surface area contributed by atoms with Gasteiger partial charge >= 0.3 is 0 Å². The zero-order chi connectivity index (χ0) is 23.0. The maximum Gasteiger partial charge on any atom is 0.251 e. The molecule has 1 saturated carbocycles. The van der Waals surface area contributed by atoms with Crippen molar-refractivity contribution < 1.29 is 9.90 Å². The molecule has 6 nitrogen and oxygen atoms in total. The first-order chi connectivity index (χ1) is 15.1. The molecule has 32 heavy (non-hydrogen) atoms. The molecule has 1 aliphatic carbocycles. The van der Waals surface area contributed by atoms with Gasteiger partial charge in [0.25, 0.3) is 5.91 Å². The molecule has 2 aliphatic heterocycles. The second-order valence-corrected chi connectivity index (χ2v) is 10.6. The number of nitrogens with one attached hydrogen (secondary N) is 1. The van der Waals surface area contributed by atoms with Crippen LogP contribution in [0.4, 0.5) is 0 Å². The van der Waals surface area contributed by atoms with Crippen LogP contribution in [-0.4, -0.2) is 44.5 Å². The highest BCUT2D eigenvalue weighted by molar-refractivity contribution is 9.18. The number of hydrogen-bond donors (Lipinski definition) is 2. The van der Waals surface area contributed by atoms with Crippen LogP contribution >= 0.6 is 15.9 Å². The van der Waals surface area contributed by atoms with Crippen molar-refractivity contribution in [3.8, 4) is 0 Å². The summed E-state index contributed by atoms with van der Waals surface area (Å²) in [6, 6.07) is 6.31. The van der Waals surface area contributed by atoms with Crippen LogP contribution in [0.15, 0.2) is 46.1 Å². The molecule has 0 bridgehead atoms. The minimum atomic E-state index is -0.871. The molecule has 7 heteroatoms. The van der Waals surface area contributed by atoms with Crippen LogP contribution in [0.3, 0.4) is 0 Å². The number of benzene rings is 1. The van der Waals surface area contributed by atoms with Crippen LogP contribution in [0.25, 0.3) is 5.70 Å². The lowest BCUT2D eigenvalue weighted by Crippen LogP contribution is -2.30. The summed E-state index contributed by atoms with van der Waals surface area (Å²) in [7, 11) is 0. The van der Waals surface area contributed by atoms with Crippen LogP contribution in [-0.2, 0) is 0 Å². The molecule has 1 aromatic rings. The lowest BCUT2D eigenvalue weighted by Gasteiger charge is -2.30. The molecule has 2 N–H and O–H groups in total. The monoisotopic (exact) mass is 498 g/mol. The van der Waals surface area contributed by atoms with Crippen molar-refractivity contribution in [3.63, 3.8) is 0 Å². The number of aliphatic hydroxyl groups is 1. The van der Waals surface area contributed by atoms with Crippen molar-refractivity contribution in [2.24, 2.45) is 16.0 Å². The largest absolute Gasteiger partial charge is 0.389 e. The van der Waals surface area contributed by atoms with Gasteiger partial charge in [-0.15, -0.1) is 0 Å². The fourth-order valence-electron chi connectivity index (χ4n) is 3.86. The van der Waals surface area contributed by atoms with Crippen LogP contribution in [0.2, 0.25) is 0 Å². The van der Waals surface area contributed by atoms with E-state index in [1.54, 1.807) is 13.8 Å². The van der Waals surface area contributed by atoms with Gasteiger partial charge < -0.3 is 10.4 Å². The molecule has 0 radical (unpaired) electrons. The van der Waals surface area contributed by atoms with Gasteiger partial charge in [-0.1, -0.05) is 25.1 Å². The molecule has 4 rings (SSSR count). The lowest BCUT2D eigenvalue weighted by molar-refractivity contribution is 0.0903. The number of amides is 1. The topological polar surface area (TPSA) is 77.3 Å². The Morgan fingerprint density at radius 2 is 2.09 bits per heavy atom. The number of carbonyl (C=O) groups is 1. The number of carbonyl (C=O) groups excluding carboxylic acids is 1. The molecule has 0 aromatic heterocycles. The quantitative estimate of drug-likeness (QED) is 0.613. The molecule has 1 aromatic carbocycles. The molecule has 1 amide bonds. The van der Waals surface area contributed by atoms with Crippen molar-refractivity contribution >= 4 is 37.9 Å². The molecule has 3 aliphatic rings. The van der Waals surface area contributed by atoms with Crippen molar-refractivity contribution in [2.45, 2.75) is 65.0 Å². The smallest absolute Gasteiger partial charge is 0.251 e. The van der Waals surface area contributed by atoms with E-state index in [1.807, 2.05) is 24.1 Å². The number of rotatable bonds is 5. The third kappa shape index (κ3) is 5.38. The Kier molecular flexibility index (Phi) is 6.41. The van der Waals surface area contributed by atoms with Gasteiger partial charge in [0.2, 0.25) is 0 Å². The minimum Gasteiger partial charge on any atom is -0.389 e. The van der Waals surface area contributed by atoms with Crippen LogP contribution in [0.1, 0.15) is 67.9 Å². The third-order valence-corrected chi connectivity index (χ3v) is 6.17. The second-order valence-electron chi connectivity index (χ2n) is 9.67.